The van der Waals surface area contributed by atoms with Crippen LogP contribution in [0.1, 0.15) is 38.5 Å². The zero-order valence-corrected chi connectivity index (χ0v) is 15.9. The van der Waals surface area contributed by atoms with E-state index in [1.165, 1.54) is 0 Å². The fourth-order valence-electron chi connectivity index (χ4n) is 5.13. The fraction of sp³-hybridized carbons (Fsp3) is 1.00. The molecule has 0 heterocycles. The molecule has 0 aliphatic heterocycles. The molecule has 3 saturated carbocycles. The van der Waals surface area contributed by atoms with Crippen LogP contribution in [0.15, 0.2) is 0 Å². The van der Waals surface area contributed by atoms with Gasteiger partial charge in [-0.25, -0.2) is 35.1 Å². The van der Waals surface area contributed by atoms with Crippen LogP contribution in [0.2, 0.25) is 0 Å². The highest BCUT2D eigenvalue weighted by Gasteiger charge is 2.57. The Balaban J connectivity index is 1.64. The molecule has 3 rings (SSSR count). The maximum Gasteiger partial charge on any atom is 0.364 e. The first kappa shape index (κ1) is 23.9. The lowest BCUT2D eigenvalue weighted by Gasteiger charge is -2.43. The predicted octanol–water partition coefficient (Wildman–Crippen LogP) is 5.90. The molecule has 3 aliphatic carbocycles. The van der Waals surface area contributed by atoms with Crippen LogP contribution in [0.4, 0.5) is 43.9 Å². The van der Waals surface area contributed by atoms with Gasteiger partial charge < -0.3 is 4.74 Å². The SMILES string of the molecule is FC1CC(F)C(C(F)(F)OC2CC(F)C(C3CC(F)C(F)C(F)C3)C(F)C2)C(F)C1. The summed E-state index contributed by atoms with van der Waals surface area (Å²) >= 11 is 0. The van der Waals surface area contributed by atoms with Crippen molar-refractivity contribution in [2.75, 3.05) is 0 Å². The summed E-state index contributed by atoms with van der Waals surface area (Å²) in [7, 11) is 0. The van der Waals surface area contributed by atoms with Crippen molar-refractivity contribution in [1.29, 1.82) is 0 Å². The molecule has 0 radical (unpaired) electrons. The van der Waals surface area contributed by atoms with Crippen LogP contribution in [-0.2, 0) is 4.74 Å². The first-order valence-corrected chi connectivity index (χ1v) is 10.1. The lowest BCUT2D eigenvalue weighted by molar-refractivity contribution is -0.323. The van der Waals surface area contributed by atoms with Crippen molar-refractivity contribution < 1.29 is 48.6 Å². The van der Waals surface area contributed by atoms with E-state index < -0.39 is 118 Å². The summed E-state index contributed by atoms with van der Waals surface area (Å²) in [5, 5.41) is 0. The molecule has 30 heavy (non-hydrogen) atoms. The zero-order chi connectivity index (χ0) is 22.4. The molecule has 6 unspecified atom stereocenters. The van der Waals surface area contributed by atoms with Crippen molar-refractivity contribution in [3.05, 3.63) is 0 Å². The van der Waals surface area contributed by atoms with Crippen LogP contribution in [-0.4, -0.2) is 61.6 Å². The largest absolute Gasteiger partial charge is 0.364 e. The molecule has 0 N–H and O–H groups in total. The van der Waals surface area contributed by atoms with Crippen molar-refractivity contribution in [1.82, 2.24) is 0 Å². The number of alkyl halides is 10. The van der Waals surface area contributed by atoms with Crippen molar-refractivity contribution in [3.63, 3.8) is 0 Å². The molecule has 3 aliphatic rings. The molecule has 0 bridgehead atoms. The Morgan fingerprint density at radius 3 is 1.50 bits per heavy atom. The van der Waals surface area contributed by atoms with E-state index in [9.17, 15) is 43.9 Å². The Labute approximate surface area is 167 Å². The van der Waals surface area contributed by atoms with E-state index in [4.69, 9.17) is 0 Å². The highest BCUT2D eigenvalue weighted by Crippen LogP contribution is 2.47. The molecule has 0 spiro atoms. The minimum absolute atomic E-state index is 0.589. The molecular weight excluding hydrogens is 434 g/mol. The number of ether oxygens (including phenoxy) is 1. The standard InChI is InChI=1S/C19H24F10O/c20-8-3-12(23)17(13(24)4-8)19(28,29)30-9-5-10(21)16(11(22)6-9)7-1-14(25)18(27)15(26)2-7/h7-18H,1-6H2. The number of halogens is 10. The second kappa shape index (κ2) is 9.02. The van der Waals surface area contributed by atoms with E-state index in [-0.39, 0.29) is 0 Å². The second-order valence-corrected chi connectivity index (χ2v) is 8.72. The van der Waals surface area contributed by atoms with Gasteiger partial charge in [0, 0.05) is 31.6 Å². The highest BCUT2D eigenvalue weighted by molar-refractivity contribution is 4.98. The third kappa shape index (κ3) is 4.85. The second-order valence-electron chi connectivity index (χ2n) is 8.72. The Bertz CT molecular complexity index is 544. The van der Waals surface area contributed by atoms with Gasteiger partial charge in [0.15, 0.2) is 6.17 Å². The number of hydrogen-bond acceptors (Lipinski definition) is 1. The minimum atomic E-state index is -4.42. The van der Waals surface area contributed by atoms with Crippen molar-refractivity contribution in [3.8, 4) is 0 Å². The van der Waals surface area contributed by atoms with E-state index in [2.05, 4.69) is 4.74 Å². The first-order chi connectivity index (χ1) is 13.9. The quantitative estimate of drug-likeness (QED) is 0.477. The smallest absolute Gasteiger partial charge is 0.317 e. The fourth-order valence-corrected chi connectivity index (χ4v) is 5.13. The lowest BCUT2D eigenvalue weighted by Crippen LogP contribution is -2.52. The summed E-state index contributed by atoms with van der Waals surface area (Å²) in [6.07, 6.45) is -28.7. The first-order valence-electron chi connectivity index (χ1n) is 10.1. The van der Waals surface area contributed by atoms with Gasteiger partial charge >= 0.3 is 6.11 Å². The van der Waals surface area contributed by atoms with Gasteiger partial charge in [-0.2, -0.15) is 8.78 Å². The van der Waals surface area contributed by atoms with Crippen molar-refractivity contribution >= 4 is 0 Å². The van der Waals surface area contributed by atoms with Gasteiger partial charge in [0.1, 0.15) is 49.1 Å². The third-order valence-corrected chi connectivity index (χ3v) is 6.56. The number of hydrogen-bond donors (Lipinski definition) is 0. The molecule has 11 heteroatoms. The molecule has 176 valence electrons. The number of rotatable bonds is 4. The van der Waals surface area contributed by atoms with Crippen LogP contribution < -0.4 is 0 Å². The van der Waals surface area contributed by atoms with E-state index in [1.807, 2.05) is 0 Å². The summed E-state index contributed by atoms with van der Waals surface area (Å²) in [4.78, 5) is 0. The van der Waals surface area contributed by atoms with Crippen LogP contribution in [0, 0.1) is 17.8 Å². The molecule has 0 aromatic heterocycles. The summed E-state index contributed by atoms with van der Waals surface area (Å²) in [5.74, 6) is -5.27. The average molecular weight is 458 g/mol. The minimum Gasteiger partial charge on any atom is -0.317 e. The topological polar surface area (TPSA) is 9.23 Å². The van der Waals surface area contributed by atoms with Gasteiger partial charge in [-0.05, 0) is 18.8 Å². The van der Waals surface area contributed by atoms with Gasteiger partial charge in [-0.3, -0.25) is 0 Å². The monoisotopic (exact) mass is 458 g/mol. The Kier molecular flexibility index (Phi) is 7.19. The van der Waals surface area contributed by atoms with E-state index in [0.717, 1.165) is 0 Å². The van der Waals surface area contributed by atoms with Gasteiger partial charge in [0.05, 0.1) is 6.10 Å². The van der Waals surface area contributed by atoms with Crippen LogP contribution in [0.5, 0.6) is 0 Å². The molecule has 6 atom stereocenters. The molecule has 0 aromatic rings. The normalized spacial score (nSPS) is 51.0. The molecule has 0 amide bonds. The zero-order valence-electron chi connectivity index (χ0n) is 15.9. The van der Waals surface area contributed by atoms with Gasteiger partial charge in [0.2, 0.25) is 0 Å². The Hall–Kier alpha value is -0.740. The predicted molar refractivity (Wildman–Crippen MR) is 87.2 cm³/mol. The average Bonchev–Trinajstić information content (AvgIpc) is 2.57. The van der Waals surface area contributed by atoms with Gasteiger partial charge in [-0.15, -0.1) is 0 Å². The summed E-state index contributed by atoms with van der Waals surface area (Å²) in [6, 6.07) is 0. The van der Waals surface area contributed by atoms with Crippen LogP contribution in [0.3, 0.4) is 0 Å². The summed E-state index contributed by atoms with van der Waals surface area (Å²) in [5.41, 5.74) is 0. The van der Waals surface area contributed by atoms with Crippen LogP contribution >= 0.6 is 0 Å². The van der Waals surface area contributed by atoms with Crippen molar-refractivity contribution in [2.24, 2.45) is 17.8 Å². The van der Waals surface area contributed by atoms with E-state index >= 15 is 0 Å². The molecule has 0 saturated heterocycles. The summed E-state index contributed by atoms with van der Waals surface area (Å²) in [6.45, 7) is 0. The summed E-state index contributed by atoms with van der Waals surface area (Å²) < 4.78 is 144. The third-order valence-electron chi connectivity index (χ3n) is 6.56. The van der Waals surface area contributed by atoms with Gasteiger partial charge in [0.25, 0.3) is 0 Å². The van der Waals surface area contributed by atoms with E-state index in [1.54, 1.807) is 0 Å². The molecular formula is C19H24F10O. The Morgan fingerprint density at radius 1 is 0.567 bits per heavy atom. The maximum absolute atomic E-state index is 14.6. The lowest BCUT2D eigenvalue weighted by atomic mass is 9.69. The molecule has 0 aromatic carbocycles. The van der Waals surface area contributed by atoms with Crippen LogP contribution in [0.25, 0.3) is 0 Å². The Morgan fingerprint density at radius 2 is 1.03 bits per heavy atom. The van der Waals surface area contributed by atoms with Crippen molar-refractivity contribution in [2.45, 2.75) is 100 Å². The molecule has 3 fully saturated rings. The molecule has 1 nitrogen and oxygen atoms in total. The van der Waals surface area contributed by atoms with Gasteiger partial charge in [-0.1, -0.05) is 0 Å². The van der Waals surface area contributed by atoms with E-state index in [0.29, 0.717) is 0 Å². The maximum atomic E-state index is 14.6. The highest BCUT2D eigenvalue weighted by atomic mass is 19.3.